The summed E-state index contributed by atoms with van der Waals surface area (Å²) in [6.07, 6.45) is 2.41. The van der Waals surface area contributed by atoms with E-state index in [4.69, 9.17) is 11.6 Å². The van der Waals surface area contributed by atoms with Crippen molar-refractivity contribution in [1.82, 2.24) is 4.90 Å². The molecule has 172 valence electrons. The Morgan fingerprint density at radius 2 is 2.12 bits per heavy atom. The van der Waals surface area contributed by atoms with Crippen molar-refractivity contribution >= 4 is 62.8 Å². The van der Waals surface area contributed by atoms with Gasteiger partial charge in [0, 0.05) is 29.8 Å². The maximum absolute atomic E-state index is 14.1. The molecule has 3 fully saturated rings. The van der Waals surface area contributed by atoms with Crippen molar-refractivity contribution in [2.75, 3.05) is 24.6 Å². The van der Waals surface area contributed by atoms with Crippen LogP contribution in [0.25, 0.3) is 0 Å². The summed E-state index contributed by atoms with van der Waals surface area (Å²) in [5.74, 6) is -3.31. The lowest BCUT2D eigenvalue weighted by Gasteiger charge is -2.37. The summed E-state index contributed by atoms with van der Waals surface area (Å²) in [7, 11) is 0. The van der Waals surface area contributed by atoms with Gasteiger partial charge in [0.25, 0.3) is 5.91 Å². The Kier molecular flexibility index (Phi) is 6.64. The summed E-state index contributed by atoms with van der Waals surface area (Å²) < 4.78 is -0.855. The van der Waals surface area contributed by atoms with Gasteiger partial charge in [-0.2, -0.15) is 0 Å². The zero-order chi connectivity index (χ0) is 23.2. The number of amides is 2. The van der Waals surface area contributed by atoms with E-state index in [9.17, 15) is 24.6 Å². The first-order valence-corrected chi connectivity index (χ1v) is 12.6. The molecule has 7 nitrogen and oxygen atoms in total. The van der Waals surface area contributed by atoms with E-state index in [2.05, 4.69) is 22.5 Å². The number of carboxylic acid groups (broad SMARTS) is 1. The molecule has 2 N–H and O–H groups in total. The van der Waals surface area contributed by atoms with Gasteiger partial charge in [-0.05, 0) is 25.0 Å². The van der Waals surface area contributed by atoms with Gasteiger partial charge in [-0.15, -0.1) is 18.3 Å². The first-order valence-electron chi connectivity index (χ1n) is 10.4. The predicted molar refractivity (Wildman–Crippen MR) is 127 cm³/mol. The molecule has 0 radical (unpaired) electrons. The van der Waals surface area contributed by atoms with E-state index in [0.717, 1.165) is 0 Å². The van der Waals surface area contributed by atoms with Crippen LogP contribution in [0.5, 0.6) is 0 Å². The van der Waals surface area contributed by atoms with Crippen LogP contribution in [0.3, 0.4) is 0 Å². The molecule has 2 amide bonds. The van der Waals surface area contributed by atoms with Crippen molar-refractivity contribution in [3.8, 4) is 0 Å². The SMILES string of the molecule is C=CCN(C(=O)C1N(CCCO)C(=O)[C@@H]2[C@@H](C(=O)O)[C@@H]3SC12CC3Br)c1ccccc1Cl. The smallest absolute Gasteiger partial charge is 0.308 e. The number of para-hydroxylation sites is 1. The summed E-state index contributed by atoms with van der Waals surface area (Å²) in [5.41, 5.74) is 0.510. The summed E-state index contributed by atoms with van der Waals surface area (Å²) in [6, 6.07) is 6.11. The molecular formula is C22H24BrClN2O5S. The van der Waals surface area contributed by atoms with Gasteiger partial charge in [-0.3, -0.25) is 14.4 Å². The van der Waals surface area contributed by atoms with Crippen LogP contribution in [0, 0.1) is 11.8 Å². The Morgan fingerprint density at radius 3 is 2.75 bits per heavy atom. The van der Waals surface area contributed by atoms with E-state index < -0.39 is 28.6 Å². The van der Waals surface area contributed by atoms with Crippen LogP contribution in [-0.4, -0.2) is 73.5 Å². The lowest BCUT2D eigenvalue weighted by atomic mass is 9.71. The van der Waals surface area contributed by atoms with Crippen molar-refractivity contribution in [2.24, 2.45) is 11.8 Å². The molecular weight excluding hydrogens is 520 g/mol. The van der Waals surface area contributed by atoms with Crippen LogP contribution in [0.2, 0.25) is 5.02 Å². The van der Waals surface area contributed by atoms with Crippen molar-refractivity contribution in [2.45, 2.75) is 33.7 Å². The molecule has 3 unspecified atom stereocenters. The normalized spacial score (nSPS) is 32.8. The number of rotatable bonds is 8. The average Bonchev–Trinajstić information content (AvgIpc) is 3.34. The number of hydrogen-bond donors (Lipinski definition) is 2. The molecule has 3 saturated heterocycles. The van der Waals surface area contributed by atoms with Crippen molar-refractivity contribution in [3.63, 3.8) is 0 Å². The fourth-order valence-corrected chi connectivity index (χ4v) is 9.26. The Balaban J connectivity index is 1.81. The highest BCUT2D eigenvalue weighted by atomic mass is 79.9. The van der Waals surface area contributed by atoms with Gasteiger partial charge in [-0.1, -0.05) is 45.7 Å². The molecule has 1 spiro atoms. The van der Waals surface area contributed by atoms with E-state index in [1.165, 1.54) is 21.6 Å². The monoisotopic (exact) mass is 542 g/mol. The zero-order valence-electron chi connectivity index (χ0n) is 17.2. The topological polar surface area (TPSA) is 98.2 Å². The Bertz CT molecular complexity index is 964. The zero-order valence-corrected chi connectivity index (χ0v) is 20.4. The highest BCUT2D eigenvalue weighted by Gasteiger charge is 2.76. The minimum Gasteiger partial charge on any atom is -0.481 e. The number of aliphatic carboxylic acids is 1. The number of carbonyl (C=O) groups excluding carboxylic acids is 2. The van der Waals surface area contributed by atoms with Gasteiger partial charge >= 0.3 is 5.97 Å². The lowest BCUT2D eigenvalue weighted by Crippen LogP contribution is -2.55. The number of carboxylic acids is 1. The summed E-state index contributed by atoms with van der Waals surface area (Å²) in [5, 5.41) is 19.4. The van der Waals surface area contributed by atoms with Gasteiger partial charge in [0.1, 0.15) is 6.04 Å². The van der Waals surface area contributed by atoms with E-state index in [-0.39, 0.29) is 41.6 Å². The Labute approximate surface area is 203 Å². The minimum absolute atomic E-state index is 0.112. The molecule has 4 rings (SSSR count). The largest absolute Gasteiger partial charge is 0.481 e. The fraction of sp³-hybridized carbons (Fsp3) is 0.500. The molecule has 32 heavy (non-hydrogen) atoms. The highest BCUT2D eigenvalue weighted by molar-refractivity contribution is 9.09. The number of aliphatic hydroxyl groups is 1. The number of halogens is 2. The number of carbonyl (C=O) groups is 3. The molecule has 1 aromatic rings. The Morgan fingerprint density at radius 1 is 1.41 bits per heavy atom. The quantitative estimate of drug-likeness (QED) is 0.387. The number of fused-ring (bicyclic) bond motifs is 1. The van der Waals surface area contributed by atoms with Crippen molar-refractivity contribution in [3.05, 3.63) is 41.9 Å². The van der Waals surface area contributed by atoms with Gasteiger partial charge in [0.15, 0.2) is 0 Å². The molecule has 3 aliphatic rings. The molecule has 3 aliphatic heterocycles. The second-order valence-corrected chi connectivity index (χ2v) is 11.4. The molecule has 0 saturated carbocycles. The molecule has 0 aliphatic carbocycles. The molecule has 2 bridgehead atoms. The van der Waals surface area contributed by atoms with Crippen LogP contribution in [-0.2, 0) is 14.4 Å². The van der Waals surface area contributed by atoms with Crippen LogP contribution >= 0.6 is 39.3 Å². The van der Waals surface area contributed by atoms with E-state index in [1.807, 2.05) is 0 Å². The number of benzene rings is 1. The summed E-state index contributed by atoms with van der Waals surface area (Å²) in [4.78, 5) is 42.7. The first-order chi connectivity index (χ1) is 15.3. The van der Waals surface area contributed by atoms with Crippen LogP contribution < -0.4 is 4.90 Å². The molecule has 10 heteroatoms. The number of anilines is 1. The van der Waals surface area contributed by atoms with E-state index >= 15 is 0 Å². The minimum atomic E-state index is -1.02. The number of likely N-dealkylation sites (tertiary alicyclic amines) is 1. The molecule has 6 atom stereocenters. The number of aliphatic hydroxyl groups excluding tert-OH is 1. The van der Waals surface area contributed by atoms with Gasteiger partial charge in [-0.25, -0.2) is 0 Å². The van der Waals surface area contributed by atoms with Crippen LogP contribution in [0.1, 0.15) is 12.8 Å². The lowest BCUT2D eigenvalue weighted by molar-refractivity contribution is -0.148. The van der Waals surface area contributed by atoms with Gasteiger partial charge in [0.05, 0.1) is 27.3 Å². The second kappa shape index (κ2) is 9.00. The Hall–Kier alpha value is -1.55. The fourth-order valence-electron chi connectivity index (χ4n) is 5.43. The van der Waals surface area contributed by atoms with Crippen molar-refractivity contribution in [1.29, 1.82) is 0 Å². The van der Waals surface area contributed by atoms with Crippen LogP contribution in [0.4, 0.5) is 5.69 Å². The first kappa shape index (κ1) is 23.6. The van der Waals surface area contributed by atoms with Crippen molar-refractivity contribution < 1.29 is 24.6 Å². The summed E-state index contributed by atoms with van der Waals surface area (Å²) >= 11 is 11.5. The third-order valence-corrected chi connectivity index (χ3v) is 10.1. The standard InChI is InChI=1S/C22H24BrClN2O5S/c1-2-8-25(14-7-4-3-6-13(14)24)20(29)18-22-11-12(23)17(32-22)15(21(30)31)16(22)19(28)26(18)9-5-10-27/h2-4,6-7,12,15-18,27H,1,5,8-11H2,(H,30,31)/t12?,15-,16+,17-,18?,22?/m1/s1. The molecule has 3 heterocycles. The van der Waals surface area contributed by atoms with E-state index in [1.54, 1.807) is 30.3 Å². The highest BCUT2D eigenvalue weighted by Crippen LogP contribution is 2.67. The average molecular weight is 544 g/mol. The number of hydrogen-bond acceptors (Lipinski definition) is 5. The second-order valence-electron chi connectivity index (χ2n) is 8.30. The van der Waals surface area contributed by atoms with Gasteiger partial charge in [0.2, 0.25) is 5.91 Å². The number of thioether (sulfide) groups is 1. The van der Waals surface area contributed by atoms with Gasteiger partial charge < -0.3 is 20.0 Å². The summed E-state index contributed by atoms with van der Waals surface area (Å²) in [6.45, 7) is 4.00. The number of nitrogens with zero attached hydrogens (tertiary/aromatic N) is 2. The maximum Gasteiger partial charge on any atom is 0.308 e. The van der Waals surface area contributed by atoms with Crippen LogP contribution in [0.15, 0.2) is 36.9 Å². The number of alkyl halides is 1. The maximum atomic E-state index is 14.1. The molecule has 1 aromatic carbocycles. The predicted octanol–water partition coefficient (Wildman–Crippen LogP) is 2.79. The molecule has 0 aromatic heterocycles. The van der Waals surface area contributed by atoms with E-state index in [0.29, 0.717) is 23.6 Å². The third kappa shape index (κ3) is 3.48. The third-order valence-electron chi connectivity index (χ3n) is 6.59.